The van der Waals surface area contributed by atoms with E-state index in [0.29, 0.717) is 27.8 Å². The zero-order chi connectivity index (χ0) is 17.3. The lowest BCUT2D eigenvalue weighted by Crippen LogP contribution is -2.01. The molecule has 0 fully saturated rings. The first-order chi connectivity index (χ1) is 11.5. The number of nitrogens with zero attached hydrogens (tertiary/aromatic N) is 2. The molecule has 0 atom stereocenters. The van der Waals surface area contributed by atoms with Crippen molar-refractivity contribution >= 4 is 28.6 Å². The maximum atomic E-state index is 11.7. The highest BCUT2D eigenvalue weighted by molar-refractivity contribution is 6.04. The molecule has 0 aliphatic carbocycles. The van der Waals surface area contributed by atoms with Crippen molar-refractivity contribution in [3.05, 3.63) is 59.2 Å². The number of carbonyl (C=O) groups excluding carboxylic acids is 1. The zero-order valence-corrected chi connectivity index (χ0v) is 13.2. The van der Waals surface area contributed by atoms with Gasteiger partial charge in [-0.15, -0.1) is 0 Å². The summed E-state index contributed by atoms with van der Waals surface area (Å²) < 4.78 is 0. The Morgan fingerprint density at radius 2 is 1.96 bits per heavy atom. The number of isocyanates is 1. The Kier molecular flexibility index (Phi) is 3.94. The van der Waals surface area contributed by atoms with Crippen LogP contribution in [0.5, 0.6) is 0 Å². The second-order valence-corrected chi connectivity index (χ2v) is 5.59. The van der Waals surface area contributed by atoms with Gasteiger partial charge < -0.3 is 5.11 Å². The van der Waals surface area contributed by atoms with Crippen molar-refractivity contribution in [2.45, 2.75) is 13.8 Å². The Balaban J connectivity index is 2.32. The smallest absolute Gasteiger partial charge is 0.336 e. The Morgan fingerprint density at radius 3 is 2.67 bits per heavy atom. The highest BCUT2D eigenvalue weighted by Crippen LogP contribution is 2.29. The molecule has 0 radical (unpaired) electrons. The molecule has 24 heavy (non-hydrogen) atoms. The van der Waals surface area contributed by atoms with Crippen molar-refractivity contribution in [3.63, 3.8) is 0 Å². The van der Waals surface area contributed by atoms with Crippen LogP contribution in [0.4, 0.5) is 5.69 Å². The summed E-state index contributed by atoms with van der Waals surface area (Å²) in [4.78, 5) is 30.3. The molecule has 5 nitrogen and oxygen atoms in total. The van der Waals surface area contributed by atoms with Crippen LogP contribution in [0, 0.1) is 13.8 Å². The first-order valence-corrected chi connectivity index (χ1v) is 7.33. The van der Waals surface area contributed by atoms with Crippen molar-refractivity contribution in [1.29, 1.82) is 0 Å². The maximum Gasteiger partial charge on any atom is 0.336 e. The van der Waals surface area contributed by atoms with E-state index in [2.05, 4.69) is 9.98 Å². The highest BCUT2D eigenvalue weighted by atomic mass is 16.4. The van der Waals surface area contributed by atoms with E-state index in [4.69, 9.17) is 0 Å². The van der Waals surface area contributed by atoms with Crippen LogP contribution in [0.3, 0.4) is 0 Å². The Morgan fingerprint density at radius 1 is 1.17 bits per heavy atom. The summed E-state index contributed by atoms with van der Waals surface area (Å²) in [6.45, 7) is 3.83. The largest absolute Gasteiger partial charge is 0.478 e. The highest BCUT2D eigenvalue weighted by Gasteiger charge is 2.15. The number of carboxylic acid groups (broad SMARTS) is 1. The number of hydrogen-bond acceptors (Lipinski definition) is 4. The molecule has 0 unspecified atom stereocenters. The number of rotatable bonds is 3. The number of fused-ring (bicyclic) bond motifs is 1. The molecule has 0 bridgehead atoms. The molecular formula is C19H14N2O3. The molecule has 3 aromatic rings. The van der Waals surface area contributed by atoms with E-state index in [1.54, 1.807) is 30.3 Å². The summed E-state index contributed by atoms with van der Waals surface area (Å²) in [5, 5.41) is 10.2. The fourth-order valence-corrected chi connectivity index (χ4v) is 2.79. The van der Waals surface area contributed by atoms with Gasteiger partial charge >= 0.3 is 5.97 Å². The van der Waals surface area contributed by atoms with Crippen LogP contribution in [0.2, 0.25) is 0 Å². The topological polar surface area (TPSA) is 79.6 Å². The number of aromatic carboxylic acids is 1. The quantitative estimate of drug-likeness (QED) is 0.580. The normalized spacial score (nSPS) is 10.4. The number of aryl methyl sites for hydroxylation is 2. The Hall–Kier alpha value is -3.30. The molecule has 0 amide bonds. The molecular weight excluding hydrogens is 304 g/mol. The zero-order valence-electron chi connectivity index (χ0n) is 13.2. The van der Waals surface area contributed by atoms with Crippen molar-refractivity contribution < 1.29 is 14.7 Å². The maximum absolute atomic E-state index is 11.7. The molecule has 1 N–H and O–H groups in total. The van der Waals surface area contributed by atoms with Gasteiger partial charge in [-0.3, -0.25) is 0 Å². The van der Waals surface area contributed by atoms with Gasteiger partial charge in [0.25, 0.3) is 0 Å². The number of carboxylic acids is 1. The van der Waals surface area contributed by atoms with Crippen LogP contribution in [0.1, 0.15) is 21.5 Å². The lowest BCUT2D eigenvalue weighted by molar-refractivity contribution is 0.0699. The molecule has 3 rings (SSSR count). The van der Waals surface area contributed by atoms with Gasteiger partial charge in [0.15, 0.2) is 0 Å². The van der Waals surface area contributed by atoms with Crippen molar-refractivity contribution in [2.75, 3.05) is 0 Å². The minimum atomic E-state index is -1.00. The van der Waals surface area contributed by atoms with Gasteiger partial charge in [-0.2, -0.15) is 4.99 Å². The SMILES string of the molecule is Cc1cc(C)c2nc(-c3cccc(N=C=O)c3)cc(C(=O)O)c2c1. The first-order valence-electron chi connectivity index (χ1n) is 7.33. The predicted octanol–water partition coefficient (Wildman–Crippen LogP) is 4.18. The molecule has 0 spiro atoms. The van der Waals surface area contributed by atoms with Gasteiger partial charge in [-0.25, -0.2) is 14.6 Å². The summed E-state index contributed by atoms with van der Waals surface area (Å²) in [7, 11) is 0. The van der Waals surface area contributed by atoms with E-state index in [9.17, 15) is 14.7 Å². The van der Waals surface area contributed by atoms with E-state index in [-0.39, 0.29) is 5.56 Å². The molecule has 1 heterocycles. The van der Waals surface area contributed by atoms with E-state index in [1.807, 2.05) is 26.0 Å². The van der Waals surface area contributed by atoms with Crippen LogP contribution in [-0.4, -0.2) is 22.1 Å². The fourth-order valence-electron chi connectivity index (χ4n) is 2.79. The third-order valence-electron chi connectivity index (χ3n) is 3.80. The summed E-state index contributed by atoms with van der Waals surface area (Å²) in [5.74, 6) is -1.00. The molecule has 0 saturated carbocycles. The molecule has 2 aromatic carbocycles. The summed E-state index contributed by atoms with van der Waals surface area (Å²) in [6.07, 6.45) is 1.50. The second kappa shape index (κ2) is 6.07. The van der Waals surface area contributed by atoms with Gasteiger partial charge in [-0.05, 0) is 43.7 Å². The van der Waals surface area contributed by atoms with Crippen LogP contribution in [-0.2, 0) is 4.79 Å². The molecule has 0 saturated heterocycles. The standard InChI is InChI=1S/C19H14N2O3/c1-11-6-12(2)18-15(7-11)16(19(23)24)9-17(21-18)13-4-3-5-14(8-13)20-10-22/h3-9H,1-2H3,(H,23,24). The number of pyridine rings is 1. The molecule has 5 heteroatoms. The summed E-state index contributed by atoms with van der Waals surface area (Å²) in [6, 6.07) is 12.2. The number of aliphatic imine (C=N–C) groups is 1. The average molecular weight is 318 g/mol. The van der Waals surface area contributed by atoms with Gasteiger partial charge in [0.2, 0.25) is 6.08 Å². The fraction of sp³-hybridized carbons (Fsp3) is 0.105. The van der Waals surface area contributed by atoms with E-state index in [0.717, 1.165) is 11.1 Å². The summed E-state index contributed by atoms with van der Waals surface area (Å²) in [5.41, 5.74) is 4.41. The van der Waals surface area contributed by atoms with Crippen LogP contribution < -0.4 is 0 Å². The van der Waals surface area contributed by atoms with Crippen LogP contribution in [0.15, 0.2) is 47.5 Å². The van der Waals surface area contributed by atoms with Gasteiger partial charge in [0.05, 0.1) is 22.5 Å². The number of carbonyl (C=O) groups is 1. The second-order valence-electron chi connectivity index (χ2n) is 5.59. The van der Waals surface area contributed by atoms with Crippen LogP contribution in [0.25, 0.3) is 22.2 Å². The van der Waals surface area contributed by atoms with E-state index < -0.39 is 5.97 Å². The Bertz CT molecular complexity index is 1020. The van der Waals surface area contributed by atoms with Gasteiger partial charge in [0.1, 0.15) is 0 Å². The third kappa shape index (κ3) is 2.81. The molecule has 1 aromatic heterocycles. The lowest BCUT2D eigenvalue weighted by atomic mass is 10.00. The van der Waals surface area contributed by atoms with Gasteiger partial charge in [0, 0.05) is 10.9 Å². The minimum Gasteiger partial charge on any atom is -0.478 e. The van der Waals surface area contributed by atoms with Gasteiger partial charge in [-0.1, -0.05) is 23.8 Å². The minimum absolute atomic E-state index is 0.200. The number of hydrogen-bond donors (Lipinski definition) is 1. The third-order valence-corrected chi connectivity index (χ3v) is 3.80. The number of aromatic nitrogens is 1. The predicted molar refractivity (Wildman–Crippen MR) is 91.4 cm³/mol. The molecule has 0 aliphatic heterocycles. The first kappa shape index (κ1) is 15.6. The molecule has 0 aliphatic rings. The molecule has 118 valence electrons. The van der Waals surface area contributed by atoms with Crippen molar-refractivity contribution in [3.8, 4) is 11.3 Å². The Labute approximate surface area is 138 Å². The van der Waals surface area contributed by atoms with Crippen LogP contribution >= 0.6 is 0 Å². The monoisotopic (exact) mass is 318 g/mol. The number of benzene rings is 2. The van der Waals surface area contributed by atoms with Crippen molar-refractivity contribution in [2.24, 2.45) is 4.99 Å². The summed E-state index contributed by atoms with van der Waals surface area (Å²) >= 11 is 0. The van der Waals surface area contributed by atoms with E-state index >= 15 is 0 Å². The average Bonchev–Trinajstić information content (AvgIpc) is 2.54. The lowest BCUT2D eigenvalue weighted by Gasteiger charge is -2.10. The van der Waals surface area contributed by atoms with E-state index in [1.165, 1.54) is 6.08 Å². The van der Waals surface area contributed by atoms with Crippen molar-refractivity contribution in [1.82, 2.24) is 4.98 Å².